The van der Waals surface area contributed by atoms with Crippen molar-refractivity contribution in [1.82, 2.24) is 0 Å². The molecule has 1 aromatic rings. The Labute approximate surface area is 94.2 Å². The van der Waals surface area contributed by atoms with E-state index in [-0.39, 0.29) is 0 Å². The summed E-state index contributed by atoms with van der Waals surface area (Å²) in [7, 11) is 0. The Hall–Kier alpha value is -0.310. The van der Waals surface area contributed by atoms with E-state index in [4.69, 9.17) is 0 Å². The van der Waals surface area contributed by atoms with Crippen LogP contribution in [0.3, 0.4) is 0 Å². The molecule has 0 amide bonds. The van der Waals surface area contributed by atoms with Crippen molar-refractivity contribution in [3.8, 4) is 0 Å². The molecule has 0 aliphatic heterocycles. The second-order valence-electron chi connectivity index (χ2n) is 3.09. The summed E-state index contributed by atoms with van der Waals surface area (Å²) in [6.45, 7) is 8.06. The van der Waals surface area contributed by atoms with Gasteiger partial charge >= 0.3 is 0 Å². The molecule has 0 N–H and O–H groups in total. The summed E-state index contributed by atoms with van der Waals surface area (Å²) in [5.74, 6) is 1.24. The van der Waals surface area contributed by atoms with Crippen LogP contribution in [0.1, 0.15) is 25.0 Å². The van der Waals surface area contributed by atoms with Crippen LogP contribution < -0.4 is 0 Å². The van der Waals surface area contributed by atoms with Gasteiger partial charge in [0, 0.05) is 9.49 Å². The minimum atomic E-state index is 1.09. The lowest BCUT2D eigenvalue weighted by molar-refractivity contribution is 1.12. The molecule has 0 saturated heterocycles. The van der Waals surface area contributed by atoms with Crippen LogP contribution in [0.25, 0.3) is 0 Å². The molecule has 0 aromatic heterocycles. The highest BCUT2D eigenvalue weighted by Gasteiger charge is 2.03. The molecule has 0 atom stereocenters. The number of hydrogen-bond acceptors (Lipinski definition) is 0. The van der Waals surface area contributed by atoms with E-state index in [1.807, 2.05) is 6.08 Å². The first kappa shape index (κ1) is 10.8. The van der Waals surface area contributed by atoms with Crippen LogP contribution in [0.2, 0.25) is 0 Å². The van der Waals surface area contributed by atoms with Gasteiger partial charge in [0.15, 0.2) is 0 Å². The molecule has 0 heterocycles. The predicted molar refractivity (Wildman–Crippen MR) is 66.8 cm³/mol. The van der Waals surface area contributed by atoms with Crippen LogP contribution in [0.15, 0.2) is 30.9 Å². The molecule has 0 unspecified atom stereocenters. The first-order valence-corrected chi connectivity index (χ1v) is 5.51. The average Bonchev–Trinajstić information content (AvgIpc) is 2.15. The molecule has 0 bridgehead atoms. The molecule has 0 saturated carbocycles. The lowest BCUT2D eigenvalue weighted by Gasteiger charge is -2.08. The topological polar surface area (TPSA) is 0 Å². The summed E-state index contributed by atoms with van der Waals surface area (Å²) in [5.41, 5.74) is 2.68. The van der Waals surface area contributed by atoms with Crippen molar-refractivity contribution in [2.45, 2.75) is 20.3 Å². The summed E-state index contributed by atoms with van der Waals surface area (Å²) in [5, 5.41) is 0. The fourth-order valence-corrected chi connectivity index (χ4v) is 1.94. The zero-order chi connectivity index (χ0) is 9.84. The van der Waals surface area contributed by atoms with Gasteiger partial charge < -0.3 is 0 Å². The van der Waals surface area contributed by atoms with Gasteiger partial charge in [-0.25, -0.2) is 0 Å². The predicted octanol–water partition coefficient (Wildman–Crippen LogP) is 3.98. The maximum atomic E-state index is 3.78. The Bertz CT molecular complexity index is 302. The molecule has 1 rings (SSSR count). The van der Waals surface area contributed by atoms with E-state index in [0.717, 1.165) is 6.42 Å². The summed E-state index contributed by atoms with van der Waals surface area (Å²) in [6.07, 6.45) is 3.00. The van der Waals surface area contributed by atoms with E-state index in [1.54, 1.807) is 0 Å². The first-order chi connectivity index (χ1) is 6.17. The fraction of sp³-hybridized carbons (Fsp3) is 0.250. The highest BCUT2D eigenvalue weighted by atomic mass is 127. The van der Waals surface area contributed by atoms with Crippen molar-refractivity contribution in [2.24, 2.45) is 0 Å². The molecule has 0 aliphatic carbocycles. The SMILES string of the molecule is C=C[C](C)c1cc(I)cc(CC)c1. The van der Waals surface area contributed by atoms with E-state index >= 15 is 0 Å². The fourth-order valence-electron chi connectivity index (χ4n) is 1.20. The molecule has 1 radical (unpaired) electrons. The van der Waals surface area contributed by atoms with Crippen molar-refractivity contribution in [2.75, 3.05) is 0 Å². The van der Waals surface area contributed by atoms with Crippen molar-refractivity contribution < 1.29 is 0 Å². The average molecular weight is 285 g/mol. The third-order valence-electron chi connectivity index (χ3n) is 2.13. The van der Waals surface area contributed by atoms with E-state index in [2.05, 4.69) is 61.2 Å². The first-order valence-electron chi connectivity index (χ1n) is 4.43. The summed E-state index contributed by atoms with van der Waals surface area (Å²) in [6, 6.07) is 6.65. The quantitative estimate of drug-likeness (QED) is 0.737. The van der Waals surface area contributed by atoms with Gasteiger partial charge in [-0.05, 0) is 52.3 Å². The van der Waals surface area contributed by atoms with Crippen LogP contribution in [0.4, 0.5) is 0 Å². The van der Waals surface area contributed by atoms with Gasteiger partial charge in [0.2, 0.25) is 0 Å². The molecule has 0 nitrogen and oxygen atoms in total. The second-order valence-corrected chi connectivity index (χ2v) is 4.33. The minimum Gasteiger partial charge on any atom is -0.102 e. The molecule has 1 heteroatoms. The Morgan fingerprint density at radius 2 is 2.15 bits per heavy atom. The number of halogens is 1. The van der Waals surface area contributed by atoms with Crippen molar-refractivity contribution in [3.63, 3.8) is 0 Å². The lowest BCUT2D eigenvalue weighted by Crippen LogP contribution is -1.93. The third-order valence-corrected chi connectivity index (χ3v) is 2.75. The van der Waals surface area contributed by atoms with Gasteiger partial charge in [0.25, 0.3) is 0 Å². The van der Waals surface area contributed by atoms with Crippen molar-refractivity contribution in [1.29, 1.82) is 0 Å². The van der Waals surface area contributed by atoms with Gasteiger partial charge in [-0.15, -0.1) is 6.58 Å². The third kappa shape index (κ3) is 2.83. The molecule has 0 aliphatic rings. The second kappa shape index (κ2) is 4.80. The molecule has 13 heavy (non-hydrogen) atoms. The normalized spacial score (nSPS) is 10.5. The van der Waals surface area contributed by atoms with Crippen LogP contribution in [0.5, 0.6) is 0 Å². The van der Waals surface area contributed by atoms with Crippen LogP contribution in [-0.2, 0) is 6.42 Å². The Balaban J connectivity index is 3.07. The van der Waals surface area contributed by atoms with Crippen LogP contribution >= 0.6 is 22.6 Å². The Morgan fingerprint density at radius 3 is 2.69 bits per heavy atom. The van der Waals surface area contributed by atoms with E-state index in [9.17, 15) is 0 Å². The Kier molecular flexibility index (Phi) is 3.97. The van der Waals surface area contributed by atoms with Gasteiger partial charge in [-0.2, -0.15) is 0 Å². The molecule has 0 spiro atoms. The van der Waals surface area contributed by atoms with E-state index in [1.165, 1.54) is 20.6 Å². The smallest absolute Gasteiger partial charge is 0.0230 e. The van der Waals surface area contributed by atoms with Crippen molar-refractivity contribution in [3.05, 3.63) is 51.5 Å². The number of rotatable bonds is 3. The van der Waals surface area contributed by atoms with Gasteiger partial charge in [-0.3, -0.25) is 0 Å². The maximum Gasteiger partial charge on any atom is 0.0230 e. The van der Waals surface area contributed by atoms with E-state index in [0.29, 0.717) is 0 Å². The summed E-state index contributed by atoms with van der Waals surface area (Å²) in [4.78, 5) is 0. The molecule has 69 valence electrons. The number of aryl methyl sites for hydroxylation is 1. The maximum absolute atomic E-state index is 3.78. The van der Waals surface area contributed by atoms with Gasteiger partial charge in [0.05, 0.1) is 0 Å². The summed E-state index contributed by atoms with van der Waals surface area (Å²) >= 11 is 2.36. The molecule has 0 fully saturated rings. The van der Waals surface area contributed by atoms with E-state index < -0.39 is 0 Å². The lowest BCUT2D eigenvalue weighted by atomic mass is 9.99. The van der Waals surface area contributed by atoms with Crippen molar-refractivity contribution >= 4 is 22.6 Å². The standard InChI is InChI=1S/C12H14I/c1-4-9(3)11-6-10(5-2)7-12(13)8-11/h4,6-8H,1,5H2,2-3H3. The highest BCUT2D eigenvalue weighted by Crippen LogP contribution is 2.20. The summed E-state index contributed by atoms with van der Waals surface area (Å²) < 4.78 is 1.30. The zero-order valence-corrected chi connectivity index (χ0v) is 10.3. The largest absolute Gasteiger partial charge is 0.102 e. The van der Waals surface area contributed by atoms with Crippen LogP contribution in [-0.4, -0.2) is 0 Å². The number of allylic oxidation sites excluding steroid dienone is 1. The number of hydrogen-bond donors (Lipinski definition) is 0. The number of benzene rings is 1. The van der Waals surface area contributed by atoms with Gasteiger partial charge in [0.1, 0.15) is 0 Å². The van der Waals surface area contributed by atoms with Crippen LogP contribution in [0, 0.1) is 9.49 Å². The highest BCUT2D eigenvalue weighted by molar-refractivity contribution is 14.1. The Morgan fingerprint density at radius 1 is 1.46 bits per heavy atom. The molecule has 1 aromatic carbocycles. The minimum absolute atomic E-state index is 1.09. The van der Waals surface area contributed by atoms with Gasteiger partial charge in [-0.1, -0.05) is 26.0 Å². The molecular formula is C12H14I. The monoisotopic (exact) mass is 285 g/mol. The molecular weight excluding hydrogens is 271 g/mol. The zero-order valence-electron chi connectivity index (χ0n) is 8.10.